The highest BCUT2D eigenvalue weighted by Gasteiger charge is 2.16. The van der Waals surface area contributed by atoms with Gasteiger partial charge < -0.3 is 0 Å². The van der Waals surface area contributed by atoms with Crippen LogP contribution in [0.1, 0.15) is 5.56 Å². The van der Waals surface area contributed by atoms with Gasteiger partial charge in [-0.15, -0.1) is 0 Å². The van der Waals surface area contributed by atoms with E-state index in [-0.39, 0.29) is 0 Å². The molecule has 0 bridgehead atoms. The summed E-state index contributed by atoms with van der Waals surface area (Å²) in [6, 6.07) is 37.6. The van der Waals surface area contributed by atoms with Gasteiger partial charge in [0.05, 0.1) is 0 Å². The van der Waals surface area contributed by atoms with Gasteiger partial charge >= 0.3 is 0 Å². The summed E-state index contributed by atoms with van der Waals surface area (Å²) in [5, 5.41) is 8.08. The molecular formula is C29H20. The van der Waals surface area contributed by atoms with Crippen LogP contribution in [-0.2, 0) is 0 Å². The van der Waals surface area contributed by atoms with Crippen LogP contribution >= 0.6 is 0 Å². The largest absolute Gasteiger partial charge is 0.0622 e. The molecule has 6 aromatic carbocycles. The van der Waals surface area contributed by atoms with Crippen LogP contribution in [0, 0.1) is 6.92 Å². The van der Waals surface area contributed by atoms with Gasteiger partial charge in [0.2, 0.25) is 0 Å². The van der Waals surface area contributed by atoms with Crippen molar-refractivity contribution in [3.8, 4) is 22.3 Å². The molecule has 0 aromatic heterocycles. The summed E-state index contributed by atoms with van der Waals surface area (Å²) in [4.78, 5) is 0. The van der Waals surface area contributed by atoms with E-state index in [1.54, 1.807) is 0 Å². The quantitative estimate of drug-likeness (QED) is 0.270. The Hall–Kier alpha value is -3.64. The third-order valence-electron chi connectivity index (χ3n) is 6.17. The van der Waals surface area contributed by atoms with Crippen molar-refractivity contribution in [3.63, 3.8) is 0 Å². The van der Waals surface area contributed by atoms with Gasteiger partial charge in [0.25, 0.3) is 0 Å². The van der Waals surface area contributed by atoms with Crippen molar-refractivity contribution < 1.29 is 0 Å². The molecule has 0 spiro atoms. The van der Waals surface area contributed by atoms with Crippen molar-refractivity contribution >= 4 is 32.3 Å². The monoisotopic (exact) mass is 368 g/mol. The summed E-state index contributed by atoms with van der Waals surface area (Å²) in [5.41, 5.74) is 6.46. The van der Waals surface area contributed by atoms with E-state index in [2.05, 4.69) is 110 Å². The minimum Gasteiger partial charge on any atom is -0.0622 e. The fourth-order valence-electron chi connectivity index (χ4n) is 4.76. The number of rotatable bonds is 2. The maximum absolute atomic E-state index is 2.37. The molecule has 29 heavy (non-hydrogen) atoms. The Labute approximate surface area is 170 Å². The molecule has 0 unspecified atom stereocenters. The Morgan fingerprint density at radius 3 is 1.59 bits per heavy atom. The molecule has 0 aliphatic heterocycles. The molecule has 0 atom stereocenters. The lowest BCUT2D eigenvalue weighted by molar-refractivity contribution is 1.55. The summed E-state index contributed by atoms with van der Waals surface area (Å²) in [6.45, 7) is 2.21. The third kappa shape index (κ3) is 2.39. The zero-order chi connectivity index (χ0) is 19.4. The highest BCUT2D eigenvalue weighted by Crippen LogP contribution is 2.44. The molecule has 6 rings (SSSR count). The van der Waals surface area contributed by atoms with E-state index in [0.717, 1.165) is 0 Å². The zero-order valence-electron chi connectivity index (χ0n) is 16.3. The van der Waals surface area contributed by atoms with E-state index in [1.807, 2.05) is 0 Å². The minimum atomic E-state index is 1.26. The van der Waals surface area contributed by atoms with E-state index in [1.165, 1.54) is 60.1 Å². The molecule has 0 heteroatoms. The summed E-state index contributed by atoms with van der Waals surface area (Å²) >= 11 is 0. The van der Waals surface area contributed by atoms with E-state index < -0.39 is 0 Å². The first kappa shape index (κ1) is 16.3. The van der Waals surface area contributed by atoms with Gasteiger partial charge in [-0.1, -0.05) is 97.1 Å². The van der Waals surface area contributed by atoms with Gasteiger partial charge in [-0.05, 0) is 73.1 Å². The van der Waals surface area contributed by atoms with Gasteiger partial charge in [-0.2, -0.15) is 0 Å². The first-order chi connectivity index (χ1) is 14.3. The van der Waals surface area contributed by atoms with Crippen molar-refractivity contribution in [1.29, 1.82) is 0 Å². The lowest BCUT2D eigenvalue weighted by Gasteiger charge is -2.18. The van der Waals surface area contributed by atoms with E-state index in [0.29, 0.717) is 0 Å². The molecule has 0 heterocycles. The van der Waals surface area contributed by atoms with Crippen molar-refractivity contribution in [3.05, 3.63) is 109 Å². The van der Waals surface area contributed by atoms with Crippen LogP contribution in [0.5, 0.6) is 0 Å². The van der Waals surface area contributed by atoms with Crippen LogP contribution in [0.4, 0.5) is 0 Å². The van der Waals surface area contributed by atoms with Crippen molar-refractivity contribution in [1.82, 2.24) is 0 Å². The zero-order valence-corrected chi connectivity index (χ0v) is 16.3. The number of aryl methyl sites for hydroxylation is 1. The highest BCUT2D eigenvalue weighted by molar-refractivity contribution is 6.28. The average Bonchev–Trinajstić information content (AvgIpc) is 2.79. The molecule has 6 aromatic rings. The predicted molar refractivity (Wildman–Crippen MR) is 126 cm³/mol. The second-order valence-electron chi connectivity index (χ2n) is 7.83. The Bertz CT molecular complexity index is 1420. The highest BCUT2D eigenvalue weighted by atomic mass is 14.2. The van der Waals surface area contributed by atoms with Gasteiger partial charge in [-0.3, -0.25) is 0 Å². The maximum atomic E-state index is 2.37. The molecule has 0 saturated carbocycles. The van der Waals surface area contributed by atoms with E-state index >= 15 is 0 Å². The molecule has 0 aliphatic rings. The Balaban J connectivity index is 1.87. The lowest BCUT2D eigenvalue weighted by Crippen LogP contribution is -1.91. The molecule has 0 amide bonds. The normalized spacial score (nSPS) is 11.6. The molecule has 136 valence electrons. The summed E-state index contributed by atoms with van der Waals surface area (Å²) in [5.74, 6) is 0. The molecule has 0 aliphatic carbocycles. The predicted octanol–water partition coefficient (Wildman–Crippen LogP) is 8.23. The first-order valence-electron chi connectivity index (χ1n) is 10.1. The summed E-state index contributed by atoms with van der Waals surface area (Å²) in [7, 11) is 0. The average molecular weight is 368 g/mol. The molecule has 0 radical (unpaired) electrons. The van der Waals surface area contributed by atoms with Crippen molar-refractivity contribution in [2.45, 2.75) is 6.92 Å². The number of hydrogen-bond donors (Lipinski definition) is 0. The Morgan fingerprint density at radius 1 is 0.448 bits per heavy atom. The second-order valence-corrected chi connectivity index (χ2v) is 7.83. The maximum Gasteiger partial charge on any atom is -0.00142 e. The Morgan fingerprint density at radius 2 is 0.966 bits per heavy atom. The van der Waals surface area contributed by atoms with Crippen LogP contribution in [0.2, 0.25) is 0 Å². The van der Waals surface area contributed by atoms with Crippen LogP contribution < -0.4 is 0 Å². The molecule has 0 N–H and O–H groups in total. The topological polar surface area (TPSA) is 0 Å². The fourth-order valence-corrected chi connectivity index (χ4v) is 4.76. The minimum absolute atomic E-state index is 1.26. The molecular weight excluding hydrogens is 348 g/mol. The van der Waals surface area contributed by atoms with Crippen LogP contribution in [0.15, 0.2) is 103 Å². The molecule has 0 saturated heterocycles. The van der Waals surface area contributed by atoms with Gasteiger partial charge in [-0.25, -0.2) is 0 Å². The number of hydrogen-bond acceptors (Lipinski definition) is 0. The van der Waals surface area contributed by atoms with Gasteiger partial charge in [0, 0.05) is 0 Å². The summed E-state index contributed by atoms with van der Waals surface area (Å²) < 4.78 is 0. The third-order valence-corrected chi connectivity index (χ3v) is 6.17. The standard InChI is InChI=1S/C29H20/c1-19-12-13-22-14-15-24-26(20-8-4-2-5-9-20)18-27(21-10-6-3-7-11-21)25-17-16-23(19)28(22)29(24)25/h2-18H,1H3. The Kier molecular flexibility index (Phi) is 3.48. The molecule has 0 nitrogen and oxygen atoms in total. The number of benzene rings is 6. The molecule has 0 fully saturated rings. The van der Waals surface area contributed by atoms with Crippen molar-refractivity contribution in [2.75, 3.05) is 0 Å². The first-order valence-corrected chi connectivity index (χ1v) is 10.1. The van der Waals surface area contributed by atoms with Crippen LogP contribution in [-0.4, -0.2) is 0 Å². The smallest absolute Gasteiger partial charge is 0.00142 e. The van der Waals surface area contributed by atoms with Gasteiger partial charge in [0.15, 0.2) is 0 Å². The SMILES string of the molecule is Cc1ccc2ccc3c(-c4ccccc4)cc(-c4ccccc4)c4ccc1c2c34. The lowest BCUT2D eigenvalue weighted by atomic mass is 9.85. The van der Waals surface area contributed by atoms with Crippen LogP contribution in [0.3, 0.4) is 0 Å². The van der Waals surface area contributed by atoms with E-state index in [9.17, 15) is 0 Å². The summed E-state index contributed by atoms with van der Waals surface area (Å²) in [6.07, 6.45) is 0. The fraction of sp³-hybridized carbons (Fsp3) is 0.0345. The van der Waals surface area contributed by atoms with Crippen molar-refractivity contribution in [2.24, 2.45) is 0 Å². The van der Waals surface area contributed by atoms with E-state index in [4.69, 9.17) is 0 Å². The van der Waals surface area contributed by atoms with Crippen LogP contribution in [0.25, 0.3) is 54.6 Å². The van der Waals surface area contributed by atoms with Gasteiger partial charge in [0.1, 0.15) is 0 Å². The second kappa shape index (κ2) is 6.18.